The molecule has 2 aliphatic heterocycles. The molecule has 2 aromatic carbocycles. The van der Waals surface area contributed by atoms with Crippen molar-refractivity contribution in [2.45, 2.75) is 25.8 Å². The van der Waals surface area contributed by atoms with E-state index in [1.54, 1.807) is 39.5 Å². The van der Waals surface area contributed by atoms with E-state index in [-0.39, 0.29) is 18.4 Å². The van der Waals surface area contributed by atoms with Crippen molar-refractivity contribution in [2.75, 3.05) is 34.4 Å². The Morgan fingerprint density at radius 1 is 0.781 bits per heavy atom. The minimum Gasteiger partial charge on any atom is -0.496 e. The summed E-state index contributed by atoms with van der Waals surface area (Å²) in [5.41, 5.74) is 2.30. The molecule has 168 valence electrons. The van der Waals surface area contributed by atoms with Crippen LogP contribution in [0.4, 0.5) is 0 Å². The SMILES string of the molecule is COc1ccccc1CN1C(=O)C(c2ccc(OC)c(OC)c2)=C(N2CCCCC2)C1=O. The second kappa shape index (κ2) is 9.34. The monoisotopic (exact) mass is 436 g/mol. The molecule has 7 heteroatoms. The molecule has 32 heavy (non-hydrogen) atoms. The molecule has 0 aromatic heterocycles. The number of benzene rings is 2. The fourth-order valence-corrected chi connectivity index (χ4v) is 4.37. The minimum atomic E-state index is -0.311. The van der Waals surface area contributed by atoms with Crippen molar-refractivity contribution in [3.8, 4) is 17.2 Å². The van der Waals surface area contributed by atoms with Crippen LogP contribution >= 0.6 is 0 Å². The Morgan fingerprint density at radius 2 is 1.47 bits per heavy atom. The number of carbonyl (C=O) groups excluding carboxylic acids is 2. The standard InChI is InChI=1S/C25H28N2O5/c1-30-19-10-6-5-9-18(19)16-27-24(28)22(17-11-12-20(31-2)21(15-17)32-3)23(25(27)29)26-13-7-4-8-14-26/h5-6,9-12,15H,4,7-8,13-14,16H2,1-3H3. The maximum Gasteiger partial charge on any atom is 0.278 e. The first-order valence-corrected chi connectivity index (χ1v) is 10.8. The molecule has 0 atom stereocenters. The van der Waals surface area contributed by atoms with Crippen molar-refractivity contribution >= 4 is 17.4 Å². The zero-order valence-corrected chi connectivity index (χ0v) is 18.7. The van der Waals surface area contributed by atoms with Gasteiger partial charge in [0.2, 0.25) is 0 Å². The zero-order valence-electron chi connectivity index (χ0n) is 18.7. The molecule has 0 unspecified atom stereocenters. The first kappa shape index (κ1) is 21.7. The number of likely N-dealkylation sites (tertiary alicyclic amines) is 1. The van der Waals surface area contributed by atoms with E-state index in [1.807, 2.05) is 24.3 Å². The smallest absolute Gasteiger partial charge is 0.278 e. The van der Waals surface area contributed by atoms with Gasteiger partial charge >= 0.3 is 0 Å². The normalized spacial score (nSPS) is 16.6. The minimum absolute atomic E-state index is 0.149. The van der Waals surface area contributed by atoms with Crippen LogP contribution in [0, 0.1) is 0 Å². The number of imide groups is 1. The molecule has 4 rings (SSSR count). The maximum absolute atomic E-state index is 13.6. The van der Waals surface area contributed by atoms with Gasteiger partial charge in [-0.05, 0) is 43.0 Å². The Morgan fingerprint density at radius 3 is 2.16 bits per heavy atom. The van der Waals surface area contributed by atoms with Gasteiger partial charge in [0.25, 0.3) is 11.8 Å². The van der Waals surface area contributed by atoms with E-state index in [0.717, 1.165) is 37.9 Å². The summed E-state index contributed by atoms with van der Waals surface area (Å²) in [6, 6.07) is 12.8. The van der Waals surface area contributed by atoms with Gasteiger partial charge in [-0.1, -0.05) is 24.3 Å². The van der Waals surface area contributed by atoms with Crippen molar-refractivity contribution in [3.05, 3.63) is 59.3 Å². The lowest BCUT2D eigenvalue weighted by molar-refractivity contribution is -0.138. The summed E-state index contributed by atoms with van der Waals surface area (Å²) in [4.78, 5) is 30.6. The van der Waals surface area contributed by atoms with E-state index < -0.39 is 0 Å². The molecule has 0 aliphatic carbocycles. The van der Waals surface area contributed by atoms with Crippen LogP contribution in [-0.2, 0) is 16.1 Å². The molecule has 2 aliphatic rings. The predicted molar refractivity (Wildman–Crippen MR) is 120 cm³/mol. The molecule has 2 amide bonds. The van der Waals surface area contributed by atoms with Crippen molar-refractivity contribution in [1.29, 1.82) is 0 Å². The summed E-state index contributed by atoms with van der Waals surface area (Å²) in [6.45, 7) is 1.66. The van der Waals surface area contributed by atoms with Crippen LogP contribution in [-0.4, -0.2) is 56.0 Å². The van der Waals surface area contributed by atoms with E-state index in [2.05, 4.69) is 4.90 Å². The van der Waals surface area contributed by atoms with Crippen LogP contribution in [0.2, 0.25) is 0 Å². The van der Waals surface area contributed by atoms with Crippen molar-refractivity contribution in [3.63, 3.8) is 0 Å². The van der Waals surface area contributed by atoms with Gasteiger partial charge in [-0.25, -0.2) is 0 Å². The van der Waals surface area contributed by atoms with Crippen LogP contribution in [0.3, 0.4) is 0 Å². The Kier molecular flexibility index (Phi) is 6.35. The Hall–Kier alpha value is -3.48. The van der Waals surface area contributed by atoms with Gasteiger partial charge < -0.3 is 19.1 Å². The summed E-state index contributed by atoms with van der Waals surface area (Å²) in [6.07, 6.45) is 3.12. The summed E-state index contributed by atoms with van der Waals surface area (Å²) in [7, 11) is 4.70. The quantitative estimate of drug-likeness (QED) is 0.619. The van der Waals surface area contributed by atoms with E-state index in [4.69, 9.17) is 14.2 Å². The van der Waals surface area contributed by atoms with Crippen LogP contribution in [0.15, 0.2) is 48.2 Å². The second-order valence-electron chi connectivity index (χ2n) is 7.85. The van der Waals surface area contributed by atoms with Crippen molar-refractivity contribution < 1.29 is 23.8 Å². The van der Waals surface area contributed by atoms with Crippen molar-refractivity contribution in [1.82, 2.24) is 9.80 Å². The van der Waals surface area contributed by atoms with Gasteiger partial charge in [-0.2, -0.15) is 0 Å². The number of carbonyl (C=O) groups is 2. The molecule has 2 aromatic rings. The lowest BCUT2D eigenvalue weighted by atomic mass is 10.0. The molecule has 2 heterocycles. The molecule has 7 nitrogen and oxygen atoms in total. The van der Waals surface area contributed by atoms with Gasteiger partial charge in [0.05, 0.1) is 33.4 Å². The van der Waals surface area contributed by atoms with Gasteiger partial charge in [-0.15, -0.1) is 0 Å². The van der Waals surface area contributed by atoms with Crippen LogP contribution in [0.1, 0.15) is 30.4 Å². The lowest BCUT2D eigenvalue weighted by Crippen LogP contribution is -2.37. The Bertz CT molecular complexity index is 1060. The predicted octanol–water partition coefficient (Wildman–Crippen LogP) is 3.48. The first-order chi connectivity index (χ1) is 15.6. The molecule has 0 spiro atoms. The third kappa shape index (κ3) is 3.90. The summed E-state index contributed by atoms with van der Waals surface area (Å²) >= 11 is 0. The summed E-state index contributed by atoms with van der Waals surface area (Å²) < 4.78 is 16.2. The zero-order chi connectivity index (χ0) is 22.7. The maximum atomic E-state index is 13.6. The Balaban J connectivity index is 1.77. The van der Waals surface area contributed by atoms with E-state index in [9.17, 15) is 9.59 Å². The molecular weight excluding hydrogens is 408 g/mol. The van der Waals surface area contributed by atoms with Gasteiger partial charge in [-0.3, -0.25) is 14.5 Å². The molecule has 1 saturated heterocycles. The van der Waals surface area contributed by atoms with E-state index >= 15 is 0 Å². The highest BCUT2D eigenvalue weighted by atomic mass is 16.5. The number of methoxy groups -OCH3 is 3. The fraction of sp³-hybridized carbons (Fsp3) is 0.360. The van der Waals surface area contributed by atoms with Crippen LogP contribution in [0.25, 0.3) is 5.57 Å². The molecule has 0 N–H and O–H groups in total. The Labute approximate surface area is 188 Å². The van der Waals surface area contributed by atoms with Crippen molar-refractivity contribution in [2.24, 2.45) is 0 Å². The average molecular weight is 437 g/mol. The molecule has 0 radical (unpaired) electrons. The topological polar surface area (TPSA) is 68.3 Å². The largest absolute Gasteiger partial charge is 0.496 e. The van der Waals surface area contributed by atoms with Gasteiger partial charge in [0.15, 0.2) is 11.5 Å². The number of para-hydroxylation sites is 1. The molecular formula is C25H28N2O5. The van der Waals surface area contributed by atoms with E-state index in [0.29, 0.717) is 34.1 Å². The van der Waals surface area contributed by atoms with E-state index in [1.165, 1.54) is 4.90 Å². The number of hydrogen-bond acceptors (Lipinski definition) is 6. The fourth-order valence-electron chi connectivity index (χ4n) is 4.37. The highest BCUT2D eigenvalue weighted by Gasteiger charge is 2.42. The third-order valence-electron chi connectivity index (χ3n) is 6.01. The van der Waals surface area contributed by atoms with Gasteiger partial charge in [0, 0.05) is 18.7 Å². The van der Waals surface area contributed by atoms with Crippen LogP contribution in [0.5, 0.6) is 17.2 Å². The summed E-state index contributed by atoms with van der Waals surface area (Å²) in [5.74, 6) is 1.14. The number of hydrogen-bond donors (Lipinski definition) is 0. The van der Waals surface area contributed by atoms with Gasteiger partial charge in [0.1, 0.15) is 11.4 Å². The van der Waals surface area contributed by atoms with Crippen LogP contribution < -0.4 is 14.2 Å². The highest BCUT2D eigenvalue weighted by molar-refractivity contribution is 6.35. The second-order valence-corrected chi connectivity index (χ2v) is 7.85. The summed E-state index contributed by atoms with van der Waals surface area (Å²) in [5, 5.41) is 0. The number of nitrogens with zero attached hydrogens (tertiary/aromatic N) is 2. The molecule has 1 fully saturated rings. The number of piperidine rings is 1. The highest BCUT2D eigenvalue weighted by Crippen LogP contribution is 2.38. The molecule has 0 bridgehead atoms. The number of ether oxygens (including phenoxy) is 3. The number of rotatable bonds is 7. The first-order valence-electron chi connectivity index (χ1n) is 10.8. The molecule has 0 saturated carbocycles. The number of amides is 2. The lowest BCUT2D eigenvalue weighted by Gasteiger charge is -2.29. The average Bonchev–Trinajstić information content (AvgIpc) is 3.09. The third-order valence-corrected chi connectivity index (χ3v) is 6.01.